The number of aryl methyl sites for hydroxylation is 2. The van der Waals surface area contributed by atoms with E-state index in [1.807, 2.05) is 37.4 Å². The minimum atomic E-state index is 0.103. The summed E-state index contributed by atoms with van der Waals surface area (Å²) in [6.45, 7) is 3.93. The molecule has 17 heavy (non-hydrogen) atoms. The molecule has 4 heteroatoms. The van der Waals surface area contributed by atoms with Gasteiger partial charge < -0.3 is 0 Å². The van der Waals surface area contributed by atoms with Crippen molar-refractivity contribution in [2.75, 3.05) is 0 Å². The molecule has 0 spiro atoms. The van der Waals surface area contributed by atoms with Gasteiger partial charge in [0, 0.05) is 15.4 Å². The molecule has 0 aliphatic carbocycles. The second-order valence-corrected chi connectivity index (χ2v) is 5.86. The van der Waals surface area contributed by atoms with Crippen LogP contribution in [0.4, 0.5) is 0 Å². The zero-order chi connectivity index (χ0) is 12.4. The Morgan fingerprint density at radius 1 is 1.41 bits per heavy atom. The van der Waals surface area contributed by atoms with Gasteiger partial charge in [-0.05, 0) is 26.0 Å². The van der Waals surface area contributed by atoms with Crippen LogP contribution in [0.2, 0.25) is 0 Å². The lowest BCUT2D eigenvalue weighted by Crippen LogP contribution is -2.05. The Hall–Kier alpha value is -1.00. The molecule has 2 rings (SSSR count). The summed E-state index contributed by atoms with van der Waals surface area (Å²) in [6, 6.07) is 5.80. The molecule has 0 N–H and O–H groups in total. The van der Waals surface area contributed by atoms with Crippen LogP contribution in [0, 0.1) is 13.8 Å². The summed E-state index contributed by atoms with van der Waals surface area (Å²) >= 11 is 4.98. The molecular formula is C13H12BrNOS. The van der Waals surface area contributed by atoms with Crippen molar-refractivity contribution in [2.24, 2.45) is 0 Å². The third-order valence-corrected chi connectivity index (χ3v) is 3.94. The maximum absolute atomic E-state index is 12.1. The average molecular weight is 310 g/mol. The molecular weight excluding hydrogens is 298 g/mol. The number of carbonyl (C=O) groups is 1. The molecule has 0 aliphatic rings. The predicted molar refractivity (Wildman–Crippen MR) is 73.8 cm³/mol. The first-order valence-electron chi connectivity index (χ1n) is 5.26. The molecule has 0 unspecified atom stereocenters. The molecule has 88 valence electrons. The van der Waals surface area contributed by atoms with Crippen molar-refractivity contribution < 1.29 is 4.79 Å². The molecule has 2 nitrogen and oxygen atoms in total. The lowest BCUT2D eigenvalue weighted by Gasteiger charge is -2.03. The van der Waals surface area contributed by atoms with Gasteiger partial charge in [0.05, 0.1) is 17.1 Å². The van der Waals surface area contributed by atoms with Gasteiger partial charge in [-0.3, -0.25) is 4.79 Å². The van der Waals surface area contributed by atoms with Crippen LogP contribution in [-0.2, 0) is 6.42 Å². The van der Waals surface area contributed by atoms with Gasteiger partial charge in [0.2, 0.25) is 0 Å². The molecule has 0 amide bonds. The molecule has 1 heterocycles. The van der Waals surface area contributed by atoms with Crippen molar-refractivity contribution in [3.8, 4) is 0 Å². The number of benzene rings is 1. The number of thiazole rings is 1. The first-order valence-corrected chi connectivity index (χ1v) is 6.94. The Kier molecular flexibility index (Phi) is 3.74. The van der Waals surface area contributed by atoms with Gasteiger partial charge in [0.25, 0.3) is 0 Å². The third kappa shape index (κ3) is 3.01. The SMILES string of the molecule is Cc1ccc(Br)c(C(=O)Cc2csc(C)n2)c1. The van der Waals surface area contributed by atoms with Gasteiger partial charge in [-0.2, -0.15) is 0 Å². The number of aromatic nitrogens is 1. The van der Waals surface area contributed by atoms with Gasteiger partial charge in [0.15, 0.2) is 5.78 Å². The molecule has 0 radical (unpaired) electrons. The fourth-order valence-corrected chi connectivity index (χ4v) is 2.68. The van der Waals surface area contributed by atoms with Gasteiger partial charge in [-0.25, -0.2) is 4.98 Å². The van der Waals surface area contributed by atoms with E-state index in [-0.39, 0.29) is 5.78 Å². The molecule has 0 aliphatic heterocycles. The number of rotatable bonds is 3. The highest BCUT2D eigenvalue weighted by Crippen LogP contribution is 2.20. The van der Waals surface area contributed by atoms with Gasteiger partial charge in [-0.1, -0.05) is 27.6 Å². The van der Waals surface area contributed by atoms with E-state index in [1.165, 1.54) is 0 Å². The smallest absolute Gasteiger partial charge is 0.169 e. The summed E-state index contributed by atoms with van der Waals surface area (Å²) < 4.78 is 0.847. The van der Waals surface area contributed by atoms with E-state index in [4.69, 9.17) is 0 Å². The van der Waals surface area contributed by atoms with Crippen LogP contribution in [0.15, 0.2) is 28.1 Å². The number of Topliss-reactive ketones (excluding diaryl/α,β-unsaturated/α-hetero) is 1. The van der Waals surface area contributed by atoms with Crippen LogP contribution in [-0.4, -0.2) is 10.8 Å². The Labute approximate surface area is 113 Å². The second-order valence-electron chi connectivity index (χ2n) is 3.94. The van der Waals surface area contributed by atoms with Crippen LogP contribution < -0.4 is 0 Å². The minimum absolute atomic E-state index is 0.103. The van der Waals surface area contributed by atoms with Gasteiger partial charge in [-0.15, -0.1) is 11.3 Å². The van der Waals surface area contributed by atoms with Crippen molar-refractivity contribution in [1.29, 1.82) is 0 Å². The number of nitrogens with zero attached hydrogens (tertiary/aromatic N) is 1. The largest absolute Gasteiger partial charge is 0.294 e. The molecule has 0 saturated heterocycles. The van der Waals surface area contributed by atoms with Crippen LogP contribution in [0.3, 0.4) is 0 Å². The fraction of sp³-hybridized carbons (Fsp3) is 0.231. The van der Waals surface area contributed by atoms with Gasteiger partial charge >= 0.3 is 0 Å². The van der Waals surface area contributed by atoms with Crippen LogP contribution in [0.5, 0.6) is 0 Å². The van der Waals surface area contributed by atoms with Crippen LogP contribution in [0.1, 0.15) is 26.6 Å². The summed E-state index contributed by atoms with van der Waals surface area (Å²) in [6.07, 6.45) is 0.367. The van der Waals surface area contributed by atoms with Crippen molar-refractivity contribution in [1.82, 2.24) is 4.98 Å². The summed E-state index contributed by atoms with van der Waals surface area (Å²) in [7, 11) is 0. The maximum Gasteiger partial charge on any atom is 0.169 e. The Bertz CT molecular complexity index is 562. The first kappa shape index (κ1) is 12.5. The van der Waals surface area contributed by atoms with E-state index in [2.05, 4.69) is 20.9 Å². The molecule has 1 aromatic carbocycles. The summed E-state index contributed by atoms with van der Waals surface area (Å²) in [5.74, 6) is 0.103. The van der Waals surface area contributed by atoms with Crippen LogP contribution >= 0.6 is 27.3 Å². The number of carbonyl (C=O) groups excluding carboxylic acids is 1. The molecule has 0 saturated carbocycles. The molecule has 2 aromatic rings. The van der Waals surface area contributed by atoms with Crippen molar-refractivity contribution in [2.45, 2.75) is 20.3 Å². The molecule has 1 aromatic heterocycles. The molecule has 0 bridgehead atoms. The normalized spacial score (nSPS) is 10.5. The highest BCUT2D eigenvalue weighted by Gasteiger charge is 2.12. The number of ketones is 1. The zero-order valence-electron chi connectivity index (χ0n) is 9.66. The average Bonchev–Trinajstić information content (AvgIpc) is 2.67. The summed E-state index contributed by atoms with van der Waals surface area (Å²) in [5.41, 5.74) is 2.67. The summed E-state index contributed by atoms with van der Waals surface area (Å²) in [4.78, 5) is 16.4. The monoisotopic (exact) mass is 309 g/mol. The number of hydrogen-bond acceptors (Lipinski definition) is 3. The maximum atomic E-state index is 12.1. The van der Waals surface area contributed by atoms with Crippen molar-refractivity contribution in [3.05, 3.63) is 49.9 Å². The minimum Gasteiger partial charge on any atom is -0.294 e. The lowest BCUT2D eigenvalue weighted by atomic mass is 10.0. The zero-order valence-corrected chi connectivity index (χ0v) is 12.1. The Morgan fingerprint density at radius 3 is 2.82 bits per heavy atom. The van der Waals surface area contributed by atoms with E-state index in [0.717, 1.165) is 26.3 Å². The standard InChI is InChI=1S/C13H12BrNOS/c1-8-3-4-12(14)11(5-8)13(16)6-10-7-17-9(2)15-10/h3-5,7H,6H2,1-2H3. The topological polar surface area (TPSA) is 30.0 Å². The molecule has 0 fully saturated rings. The summed E-state index contributed by atoms with van der Waals surface area (Å²) in [5, 5.41) is 2.94. The number of hydrogen-bond donors (Lipinski definition) is 0. The van der Waals surface area contributed by atoms with Crippen molar-refractivity contribution >= 4 is 33.0 Å². The van der Waals surface area contributed by atoms with E-state index >= 15 is 0 Å². The highest BCUT2D eigenvalue weighted by molar-refractivity contribution is 9.10. The fourth-order valence-electron chi connectivity index (χ4n) is 1.60. The lowest BCUT2D eigenvalue weighted by molar-refractivity contribution is 0.0991. The Balaban J connectivity index is 2.22. The number of halogens is 1. The van der Waals surface area contributed by atoms with Gasteiger partial charge in [0.1, 0.15) is 0 Å². The highest BCUT2D eigenvalue weighted by atomic mass is 79.9. The van der Waals surface area contributed by atoms with E-state index in [1.54, 1.807) is 11.3 Å². The van der Waals surface area contributed by atoms with E-state index in [9.17, 15) is 4.79 Å². The quantitative estimate of drug-likeness (QED) is 0.804. The molecule has 0 atom stereocenters. The predicted octanol–water partition coefficient (Wildman–Crippen LogP) is 3.95. The third-order valence-electron chi connectivity index (χ3n) is 2.43. The first-order chi connectivity index (χ1) is 8.06. The second kappa shape index (κ2) is 5.10. The van der Waals surface area contributed by atoms with E-state index < -0.39 is 0 Å². The van der Waals surface area contributed by atoms with Crippen LogP contribution in [0.25, 0.3) is 0 Å². The van der Waals surface area contributed by atoms with E-state index in [0.29, 0.717) is 6.42 Å². The van der Waals surface area contributed by atoms with Crippen molar-refractivity contribution in [3.63, 3.8) is 0 Å². The Morgan fingerprint density at radius 2 is 2.18 bits per heavy atom.